The minimum Gasteiger partial charge on any atom is -0.481 e. The topological polar surface area (TPSA) is 98.1 Å². The molecule has 0 aromatic carbocycles. The summed E-state index contributed by atoms with van der Waals surface area (Å²) in [6.45, 7) is 11.9. The number of aliphatic hydroxyl groups is 1. The molecule has 0 bridgehead atoms. The summed E-state index contributed by atoms with van der Waals surface area (Å²) in [5.74, 6) is -1.16. The van der Waals surface area contributed by atoms with Gasteiger partial charge in [0.15, 0.2) is 0 Å². The highest BCUT2D eigenvalue weighted by Crippen LogP contribution is 2.38. The van der Waals surface area contributed by atoms with E-state index in [-0.39, 0.29) is 6.61 Å². The molecule has 2 atom stereocenters. The highest BCUT2D eigenvalue weighted by atomic mass is 16.4. The van der Waals surface area contributed by atoms with Crippen molar-refractivity contribution in [2.24, 2.45) is 10.8 Å². The molecule has 0 spiro atoms. The highest BCUT2D eigenvalue weighted by Gasteiger charge is 2.37. The van der Waals surface area contributed by atoms with E-state index in [1.54, 1.807) is 0 Å². The fourth-order valence-electron chi connectivity index (χ4n) is 7.14. The lowest BCUT2D eigenvalue weighted by molar-refractivity contribution is -0.151. The van der Waals surface area contributed by atoms with E-state index in [4.69, 9.17) is 0 Å². The van der Waals surface area contributed by atoms with E-state index in [1.165, 1.54) is 25.7 Å². The Morgan fingerprint density at radius 2 is 0.711 bits per heavy atom. The average molecular weight is 640 g/mol. The predicted octanol–water partition coefficient (Wildman–Crippen LogP) is 11.0. The quantitative estimate of drug-likeness (QED) is 0.0597. The number of aliphatic carboxylic acids is 2. The normalized spacial score (nSPS) is 14.4. The smallest absolute Gasteiger partial charge is 0.309 e. The van der Waals surface area contributed by atoms with Crippen LogP contribution in [0.4, 0.5) is 0 Å². The van der Waals surface area contributed by atoms with Gasteiger partial charge in [0, 0.05) is 13.2 Å². The standard InChI is InChI=1S/C39H77NO5/c1-5-9-13-19-28-38(36(42)43,26-11-7-3)30-21-15-17-23-32-40(34-25-35-41)33-24-18-16-22-31-39(37(44)45,27-12-8-4)29-20-14-10-6-2/h41H,5-35H2,1-4H3,(H,42,43)(H,44,45). The van der Waals surface area contributed by atoms with Crippen molar-refractivity contribution in [3.05, 3.63) is 0 Å². The summed E-state index contributed by atoms with van der Waals surface area (Å²) in [6, 6.07) is 0. The molecule has 268 valence electrons. The second-order valence-corrected chi connectivity index (χ2v) is 14.2. The molecule has 0 aromatic heterocycles. The monoisotopic (exact) mass is 640 g/mol. The first kappa shape index (κ1) is 43.9. The van der Waals surface area contributed by atoms with Gasteiger partial charge in [-0.1, -0.05) is 143 Å². The Labute approximate surface area is 279 Å². The summed E-state index contributed by atoms with van der Waals surface area (Å²) in [5, 5.41) is 29.8. The number of nitrogens with zero attached hydrogens (tertiary/aromatic N) is 1. The fraction of sp³-hybridized carbons (Fsp3) is 0.949. The van der Waals surface area contributed by atoms with Crippen molar-refractivity contribution in [2.75, 3.05) is 26.2 Å². The van der Waals surface area contributed by atoms with Crippen molar-refractivity contribution < 1.29 is 24.9 Å². The third-order valence-electron chi connectivity index (χ3n) is 10.3. The van der Waals surface area contributed by atoms with E-state index in [0.717, 1.165) is 167 Å². The number of hydrogen-bond acceptors (Lipinski definition) is 4. The van der Waals surface area contributed by atoms with Gasteiger partial charge in [0.25, 0.3) is 0 Å². The second kappa shape index (κ2) is 29.0. The fourth-order valence-corrected chi connectivity index (χ4v) is 7.14. The van der Waals surface area contributed by atoms with Crippen LogP contribution in [0.25, 0.3) is 0 Å². The van der Waals surface area contributed by atoms with Gasteiger partial charge in [0.2, 0.25) is 0 Å². The van der Waals surface area contributed by atoms with Crippen molar-refractivity contribution in [1.29, 1.82) is 0 Å². The molecule has 6 nitrogen and oxygen atoms in total. The van der Waals surface area contributed by atoms with Gasteiger partial charge in [-0.05, 0) is 70.9 Å². The minimum absolute atomic E-state index is 0.219. The maximum absolute atomic E-state index is 12.4. The van der Waals surface area contributed by atoms with E-state index in [1.807, 2.05) is 0 Å². The van der Waals surface area contributed by atoms with Crippen LogP contribution in [0.1, 0.15) is 201 Å². The highest BCUT2D eigenvalue weighted by molar-refractivity contribution is 5.75. The van der Waals surface area contributed by atoms with Crippen molar-refractivity contribution in [3.63, 3.8) is 0 Å². The Balaban J connectivity index is 4.64. The van der Waals surface area contributed by atoms with Gasteiger partial charge in [-0.3, -0.25) is 9.59 Å². The van der Waals surface area contributed by atoms with Gasteiger partial charge in [-0.25, -0.2) is 0 Å². The van der Waals surface area contributed by atoms with Crippen LogP contribution in [-0.2, 0) is 9.59 Å². The average Bonchev–Trinajstić information content (AvgIpc) is 3.03. The first-order chi connectivity index (χ1) is 21.8. The number of aliphatic hydroxyl groups excluding tert-OH is 1. The Morgan fingerprint density at radius 1 is 0.422 bits per heavy atom. The molecule has 45 heavy (non-hydrogen) atoms. The van der Waals surface area contributed by atoms with Crippen LogP contribution in [0.5, 0.6) is 0 Å². The van der Waals surface area contributed by atoms with Crippen molar-refractivity contribution >= 4 is 11.9 Å². The summed E-state index contributed by atoms with van der Waals surface area (Å²) in [5.41, 5.74) is -1.07. The van der Waals surface area contributed by atoms with Crippen LogP contribution < -0.4 is 0 Å². The van der Waals surface area contributed by atoms with Gasteiger partial charge >= 0.3 is 11.9 Å². The first-order valence-electron chi connectivity index (χ1n) is 19.6. The van der Waals surface area contributed by atoms with E-state index >= 15 is 0 Å². The zero-order valence-electron chi connectivity index (χ0n) is 30.5. The van der Waals surface area contributed by atoms with Gasteiger partial charge < -0.3 is 20.2 Å². The van der Waals surface area contributed by atoms with Crippen LogP contribution >= 0.6 is 0 Å². The molecule has 0 aliphatic rings. The molecule has 0 aromatic rings. The lowest BCUT2D eigenvalue weighted by Crippen LogP contribution is -2.31. The maximum Gasteiger partial charge on any atom is 0.309 e. The van der Waals surface area contributed by atoms with E-state index in [9.17, 15) is 24.9 Å². The Kier molecular flexibility index (Phi) is 28.3. The van der Waals surface area contributed by atoms with Crippen molar-refractivity contribution in [3.8, 4) is 0 Å². The van der Waals surface area contributed by atoms with Crippen LogP contribution in [0.3, 0.4) is 0 Å². The summed E-state index contributed by atoms with van der Waals surface area (Å²) in [6.07, 6.45) is 27.5. The Morgan fingerprint density at radius 3 is 1.02 bits per heavy atom. The van der Waals surface area contributed by atoms with Crippen LogP contribution in [0.2, 0.25) is 0 Å². The van der Waals surface area contributed by atoms with Crippen LogP contribution in [-0.4, -0.2) is 58.4 Å². The number of carbonyl (C=O) groups is 2. The molecule has 2 unspecified atom stereocenters. The molecule has 0 saturated heterocycles. The summed E-state index contributed by atoms with van der Waals surface area (Å²) < 4.78 is 0. The molecule has 0 heterocycles. The minimum atomic E-state index is -0.579. The number of unbranched alkanes of at least 4 members (excludes halogenated alkanes) is 14. The van der Waals surface area contributed by atoms with Gasteiger partial charge in [-0.15, -0.1) is 0 Å². The zero-order chi connectivity index (χ0) is 33.7. The van der Waals surface area contributed by atoms with Crippen LogP contribution in [0.15, 0.2) is 0 Å². The molecule has 0 aliphatic heterocycles. The molecule has 0 rings (SSSR count). The van der Waals surface area contributed by atoms with E-state index in [2.05, 4.69) is 32.6 Å². The zero-order valence-corrected chi connectivity index (χ0v) is 30.5. The second-order valence-electron chi connectivity index (χ2n) is 14.2. The van der Waals surface area contributed by atoms with Crippen LogP contribution in [0, 0.1) is 10.8 Å². The molecular formula is C39H77NO5. The van der Waals surface area contributed by atoms with E-state index in [0.29, 0.717) is 0 Å². The molecule has 0 fully saturated rings. The van der Waals surface area contributed by atoms with Gasteiger partial charge in [0.1, 0.15) is 0 Å². The number of hydrogen-bond donors (Lipinski definition) is 3. The molecule has 0 amide bonds. The Hall–Kier alpha value is -1.14. The lowest BCUT2D eigenvalue weighted by atomic mass is 9.74. The van der Waals surface area contributed by atoms with E-state index < -0.39 is 22.8 Å². The predicted molar refractivity (Wildman–Crippen MR) is 191 cm³/mol. The summed E-state index contributed by atoms with van der Waals surface area (Å²) >= 11 is 0. The third-order valence-corrected chi connectivity index (χ3v) is 10.3. The summed E-state index contributed by atoms with van der Waals surface area (Å²) in [7, 11) is 0. The Bertz CT molecular complexity index is 647. The molecule has 3 N–H and O–H groups in total. The number of rotatable bonds is 35. The molecule has 0 saturated carbocycles. The van der Waals surface area contributed by atoms with Gasteiger partial charge in [-0.2, -0.15) is 0 Å². The van der Waals surface area contributed by atoms with Crippen molar-refractivity contribution in [2.45, 2.75) is 201 Å². The first-order valence-corrected chi connectivity index (χ1v) is 19.6. The number of carboxylic acids is 2. The van der Waals surface area contributed by atoms with Gasteiger partial charge in [0.05, 0.1) is 10.8 Å². The third kappa shape index (κ3) is 20.7. The summed E-state index contributed by atoms with van der Waals surface area (Å²) in [4.78, 5) is 27.3. The molecule has 0 aliphatic carbocycles. The SMILES string of the molecule is CCCCCCC(CCCC)(CCCCCCN(CCCO)CCCCCCC(CCCC)(CCCCCC)C(=O)O)C(=O)O. The molecule has 0 radical (unpaired) electrons. The maximum atomic E-state index is 12.4. The lowest BCUT2D eigenvalue weighted by Gasteiger charge is -2.30. The largest absolute Gasteiger partial charge is 0.481 e. The molecular weight excluding hydrogens is 562 g/mol. The van der Waals surface area contributed by atoms with Crippen molar-refractivity contribution in [1.82, 2.24) is 4.90 Å². The number of carboxylic acid groups (broad SMARTS) is 2. The molecule has 6 heteroatoms.